The third-order valence-corrected chi connectivity index (χ3v) is 2.81. The SMILES string of the molecule is C=CCNC(=O)/C(C#N)=C/c1ccc(-c2ccc(F)cc2)o1. The van der Waals surface area contributed by atoms with Gasteiger partial charge in [0.1, 0.15) is 29.0 Å². The quantitative estimate of drug-likeness (QED) is 0.523. The van der Waals surface area contributed by atoms with Gasteiger partial charge in [0.2, 0.25) is 0 Å². The molecule has 0 aliphatic carbocycles. The number of nitrogens with one attached hydrogen (secondary N) is 1. The Balaban J connectivity index is 2.21. The van der Waals surface area contributed by atoms with E-state index in [1.165, 1.54) is 24.3 Å². The van der Waals surface area contributed by atoms with E-state index in [-0.39, 0.29) is 17.9 Å². The van der Waals surface area contributed by atoms with Crippen molar-refractivity contribution in [2.24, 2.45) is 0 Å². The lowest BCUT2D eigenvalue weighted by molar-refractivity contribution is -0.116. The van der Waals surface area contributed by atoms with Crippen molar-refractivity contribution in [3.8, 4) is 17.4 Å². The van der Waals surface area contributed by atoms with Gasteiger partial charge in [0.15, 0.2) is 0 Å². The van der Waals surface area contributed by atoms with Crippen LogP contribution in [-0.4, -0.2) is 12.5 Å². The summed E-state index contributed by atoms with van der Waals surface area (Å²) in [6, 6.07) is 11.0. The molecule has 22 heavy (non-hydrogen) atoms. The largest absolute Gasteiger partial charge is 0.457 e. The van der Waals surface area contributed by atoms with Gasteiger partial charge in [0, 0.05) is 18.2 Å². The van der Waals surface area contributed by atoms with E-state index >= 15 is 0 Å². The van der Waals surface area contributed by atoms with Crippen LogP contribution in [0.15, 0.2) is 59.0 Å². The van der Waals surface area contributed by atoms with Crippen LogP contribution in [0, 0.1) is 17.1 Å². The van der Waals surface area contributed by atoms with Gasteiger partial charge in [-0.2, -0.15) is 5.26 Å². The molecule has 1 heterocycles. The fraction of sp³-hybridized carbons (Fsp3) is 0.0588. The van der Waals surface area contributed by atoms with Crippen molar-refractivity contribution in [1.29, 1.82) is 5.26 Å². The van der Waals surface area contributed by atoms with Crippen LogP contribution in [0.25, 0.3) is 17.4 Å². The van der Waals surface area contributed by atoms with Crippen LogP contribution in [0.4, 0.5) is 4.39 Å². The molecule has 0 bridgehead atoms. The zero-order valence-corrected chi connectivity index (χ0v) is 11.7. The summed E-state index contributed by atoms with van der Waals surface area (Å²) in [5.41, 5.74) is 0.637. The topological polar surface area (TPSA) is 66.0 Å². The number of nitriles is 1. The Morgan fingerprint density at radius 3 is 2.68 bits per heavy atom. The molecule has 2 rings (SSSR count). The minimum atomic E-state index is -0.498. The van der Waals surface area contributed by atoms with Crippen molar-refractivity contribution in [3.05, 3.63) is 66.2 Å². The number of carbonyl (C=O) groups is 1. The number of halogens is 1. The highest BCUT2D eigenvalue weighted by Gasteiger charge is 2.10. The molecule has 0 atom stereocenters. The molecule has 4 nitrogen and oxygen atoms in total. The number of rotatable bonds is 5. The van der Waals surface area contributed by atoms with Crippen molar-refractivity contribution >= 4 is 12.0 Å². The number of hydrogen-bond donors (Lipinski definition) is 1. The summed E-state index contributed by atoms with van der Waals surface area (Å²) in [4.78, 5) is 11.7. The van der Waals surface area contributed by atoms with Crippen LogP contribution in [0.3, 0.4) is 0 Å². The molecule has 0 spiro atoms. The summed E-state index contributed by atoms with van der Waals surface area (Å²) in [6.45, 7) is 3.76. The lowest BCUT2D eigenvalue weighted by atomic mass is 10.2. The van der Waals surface area contributed by atoms with Crippen LogP contribution in [0.5, 0.6) is 0 Å². The third-order valence-electron chi connectivity index (χ3n) is 2.81. The molecule has 1 aromatic heterocycles. The van der Waals surface area contributed by atoms with E-state index in [0.717, 1.165) is 0 Å². The standard InChI is InChI=1S/C17H13FN2O2/c1-2-9-20-17(21)13(11-19)10-15-7-8-16(22-15)12-3-5-14(18)6-4-12/h2-8,10H,1,9H2,(H,20,21)/b13-10+. The Morgan fingerprint density at radius 2 is 2.05 bits per heavy atom. The molecule has 0 saturated heterocycles. The monoisotopic (exact) mass is 296 g/mol. The zero-order chi connectivity index (χ0) is 15.9. The van der Waals surface area contributed by atoms with Crippen LogP contribution >= 0.6 is 0 Å². The Bertz CT molecular complexity index is 752. The molecule has 0 aliphatic heterocycles. The lowest BCUT2D eigenvalue weighted by Gasteiger charge is -1.99. The number of benzene rings is 1. The number of nitrogens with zero attached hydrogens (tertiary/aromatic N) is 1. The minimum absolute atomic E-state index is 0.0677. The zero-order valence-electron chi connectivity index (χ0n) is 11.7. The van der Waals surface area contributed by atoms with Gasteiger partial charge in [0.25, 0.3) is 5.91 Å². The molecule has 0 fully saturated rings. The van der Waals surface area contributed by atoms with Crippen LogP contribution in [0.1, 0.15) is 5.76 Å². The summed E-state index contributed by atoms with van der Waals surface area (Å²) < 4.78 is 18.4. The first-order chi connectivity index (χ1) is 10.6. The molecule has 0 aliphatic rings. The second-order valence-corrected chi connectivity index (χ2v) is 4.38. The average Bonchev–Trinajstić information content (AvgIpc) is 2.99. The van der Waals surface area contributed by atoms with E-state index in [4.69, 9.17) is 9.68 Å². The summed E-state index contributed by atoms with van der Waals surface area (Å²) in [6.07, 6.45) is 2.87. The second-order valence-electron chi connectivity index (χ2n) is 4.38. The van der Waals surface area contributed by atoms with E-state index in [0.29, 0.717) is 17.1 Å². The average molecular weight is 296 g/mol. The molecule has 0 radical (unpaired) electrons. The molecular weight excluding hydrogens is 283 g/mol. The summed E-state index contributed by atoms with van der Waals surface area (Å²) in [5.74, 6) is 0.0582. The highest BCUT2D eigenvalue weighted by Crippen LogP contribution is 2.23. The highest BCUT2D eigenvalue weighted by atomic mass is 19.1. The van der Waals surface area contributed by atoms with E-state index in [1.54, 1.807) is 24.3 Å². The normalized spacial score (nSPS) is 10.8. The van der Waals surface area contributed by atoms with Gasteiger partial charge in [-0.25, -0.2) is 4.39 Å². The third kappa shape index (κ3) is 3.70. The van der Waals surface area contributed by atoms with E-state index in [2.05, 4.69) is 11.9 Å². The van der Waals surface area contributed by atoms with Gasteiger partial charge in [-0.15, -0.1) is 6.58 Å². The molecule has 1 amide bonds. The Hall–Kier alpha value is -3.13. The fourth-order valence-electron chi connectivity index (χ4n) is 1.75. The summed E-state index contributed by atoms with van der Waals surface area (Å²) in [7, 11) is 0. The first-order valence-corrected chi connectivity index (χ1v) is 6.50. The molecule has 0 saturated carbocycles. The van der Waals surface area contributed by atoms with E-state index in [1.807, 2.05) is 6.07 Å². The van der Waals surface area contributed by atoms with Crippen molar-refractivity contribution in [1.82, 2.24) is 5.32 Å². The predicted octanol–water partition coefficient (Wildman–Crippen LogP) is 3.29. The van der Waals surface area contributed by atoms with Gasteiger partial charge in [0.05, 0.1) is 0 Å². The highest BCUT2D eigenvalue weighted by molar-refractivity contribution is 6.01. The molecule has 0 unspecified atom stereocenters. The van der Waals surface area contributed by atoms with Crippen molar-refractivity contribution < 1.29 is 13.6 Å². The Kier molecular flexibility index (Phi) is 4.89. The maximum absolute atomic E-state index is 12.9. The fourth-order valence-corrected chi connectivity index (χ4v) is 1.75. The molecule has 110 valence electrons. The number of amides is 1. The van der Waals surface area contributed by atoms with Gasteiger partial charge >= 0.3 is 0 Å². The van der Waals surface area contributed by atoms with E-state index < -0.39 is 5.91 Å². The van der Waals surface area contributed by atoms with Crippen molar-refractivity contribution in [2.75, 3.05) is 6.54 Å². The molecule has 2 aromatic rings. The van der Waals surface area contributed by atoms with Crippen LogP contribution < -0.4 is 5.32 Å². The smallest absolute Gasteiger partial charge is 0.262 e. The summed E-state index contributed by atoms with van der Waals surface area (Å²) in [5, 5.41) is 11.5. The number of carbonyl (C=O) groups excluding carboxylic acids is 1. The Morgan fingerprint density at radius 1 is 1.32 bits per heavy atom. The van der Waals surface area contributed by atoms with Crippen LogP contribution in [-0.2, 0) is 4.79 Å². The molecule has 5 heteroatoms. The van der Waals surface area contributed by atoms with E-state index in [9.17, 15) is 9.18 Å². The Labute approximate surface area is 127 Å². The minimum Gasteiger partial charge on any atom is -0.457 e. The first-order valence-electron chi connectivity index (χ1n) is 6.50. The molecule has 1 N–H and O–H groups in total. The summed E-state index contributed by atoms with van der Waals surface area (Å²) >= 11 is 0. The number of furan rings is 1. The first kappa shape index (κ1) is 15.3. The van der Waals surface area contributed by atoms with Crippen LogP contribution in [0.2, 0.25) is 0 Å². The molecule has 1 aromatic carbocycles. The van der Waals surface area contributed by atoms with Gasteiger partial charge in [-0.05, 0) is 36.4 Å². The van der Waals surface area contributed by atoms with Gasteiger partial charge in [-0.1, -0.05) is 6.08 Å². The predicted molar refractivity (Wildman–Crippen MR) is 80.9 cm³/mol. The van der Waals surface area contributed by atoms with Gasteiger partial charge in [-0.3, -0.25) is 4.79 Å². The van der Waals surface area contributed by atoms with Gasteiger partial charge < -0.3 is 9.73 Å². The number of hydrogen-bond acceptors (Lipinski definition) is 3. The maximum atomic E-state index is 12.9. The second kappa shape index (κ2) is 7.04. The van der Waals surface area contributed by atoms with Crippen molar-refractivity contribution in [3.63, 3.8) is 0 Å². The molecular formula is C17H13FN2O2. The van der Waals surface area contributed by atoms with Crippen molar-refractivity contribution in [2.45, 2.75) is 0 Å². The maximum Gasteiger partial charge on any atom is 0.262 e. The lowest BCUT2D eigenvalue weighted by Crippen LogP contribution is -2.24.